The van der Waals surface area contributed by atoms with Crippen molar-refractivity contribution < 1.29 is 14.4 Å². The van der Waals surface area contributed by atoms with Crippen LogP contribution in [0.5, 0.6) is 0 Å². The number of rotatable bonds is 3. The Labute approximate surface area is 185 Å². The first-order valence-corrected chi connectivity index (χ1v) is 11.1. The van der Waals surface area contributed by atoms with Crippen molar-refractivity contribution in [3.8, 4) is 0 Å². The molecular formula is C25H21ClN2O3. The van der Waals surface area contributed by atoms with E-state index in [0.717, 1.165) is 12.0 Å². The van der Waals surface area contributed by atoms with E-state index in [1.807, 2.05) is 13.0 Å². The second kappa shape index (κ2) is 6.54. The molecule has 0 radical (unpaired) electrons. The molecule has 1 saturated heterocycles. The van der Waals surface area contributed by atoms with Crippen LogP contribution in [0.25, 0.3) is 0 Å². The molecule has 1 N–H and O–H groups in total. The number of hydrogen-bond donors (Lipinski definition) is 1. The predicted octanol–water partition coefficient (Wildman–Crippen LogP) is 4.46. The number of nitrogens with one attached hydrogen (secondary N) is 1. The molecule has 1 heterocycles. The minimum atomic E-state index is -0.375. The average molecular weight is 433 g/mol. The molecular weight excluding hydrogens is 412 g/mol. The second-order valence-corrected chi connectivity index (χ2v) is 9.53. The number of carbonyl (C=O) groups excluding carboxylic acids is 3. The SMILES string of the molecule is Cc1ccc(Cl)cc1NC(=O)c1ccccc1N1C(=O)[C@H]2[C@@H]3C=C[C@H]([C@H]4C[C@H]34)[C@@H]2C1=O. The van der Waals surface area contributed by atoms with Crippen molar-refractivity contribution in [2.24, 2.45) is 35.5 Å². The van der Waals surface area contributed by atoms with Gasteiger partial charge in [0.2, 0.25) is 11.8 Å². The molecule has 3 fully saturated rings. The summed E-state index contributed by atoms with van der Waals surface area (Å²) in [4.78, 5) is 41.4. The number of para-hydroxylation sites is 1. The van der Waals surface area contributed by atoms with E-state index in [-0.39, 0.29) is 41.4 Å². The lowest BCUT2D eigenvalue weighted by Crippen LogP contribution is -2.40. The Balaban J connectivity index is 1.35. The first-order chi connectivity index (χ1) is 15.0. The van der Waals surface area contributed by atoms with Gasteiger partial charge < -0.3 is 5.32 Å². The van der Waals surface area contributed by atoms with Crippen molar-refractivity contribution in [1.82, 2.24) is 0 Å². The summed E-state index contributed by atoms with van der Waals surface area (Å²) in [5.74, 6) is 0.0796. The molecule has 4 aliphatic carbocycles. The van der Waals surface area contributed by atoms with Crippen LogP contribution in [0.1, 0.15) is 22.3 Å². The van der Waals surface area contributed by atoms with Crippen molar-refractivity contribution in [3.05, 3.63) is 70.8 Å². The Morgan fingerprint density at radius 2 is 1.65 bits per heavy atom. The number of halogens is 1. The average Bonchev–Trinajstić information content (AvgIpc) is 3.54. The van der Waals surface area contributed by atoms with Gasteiger partial charge in [-0.3, -0.25) is 14.4 Å². The first-order valence-electron chi connectivity index (χ1n) is 10.7. The number of imide groups is 1. The highest BCUT2D eigenvalue weighted by Gasteiger charge is 2.67. The molecule has 2 bridgehead atoms. The van der Waals surface area contributed by atoms with E-state index < -0.39 is 0 Å². The normalized spacial score (nSPS) is 32.1. The van der Waals surface area contributed by atoms with Crippen LogP contribution in [0.2, 0.25) is 5.02 Å². The molecule has 7 rings (SSSR count). The maximum atomic E-state index is 13.5. The van der Waals surface area contributed by atoms with E-state index >= 15 is 0 Å². The van der Waals surface area contributed by atoms with E-state index in [9.17, 15) is 14.4 Å². The maximum absolute atomic E-state index is 13.5. The van der Waals surface area contributed by atoms with Gasteiger partial charge in [0.1, 0.15) is 0 Å². The zero-order chi connectivity index (χ0) is 21.4. The van der Waals surface area contributed by atoms with E-state index in [4.69, 9.17) is 11.6 Å². The second-order valence-electron chi connectivity index (χ2n) is 9.10. The Morgan fingerprint density at radius 3 is 2.32 bits per heavy atom. The molecule has 6 heteroatoms. The summed E-state index contributed by atoms with van der Waals surface area (Å²) in [6, 6.07) is 12.1. The summed E-state index contributed by atoms with van der Waals surface area (Å²) < 4.78 is 0. The maximum Gasteiger partial charge on any atom is 0.257 e. The van der Waals surface area contributed by atoms with Crippen LogP contribution in [0.4, 0.5) is 11.4 Å². The molecule has 2 saturated carbocycles. The van der Waals surface area contributed by atoms with Gasteiger partial charge in [-0.25, -0.2) is 4.90 Å². The number of anilines is 2. The summed E-state index contributed by atoms with van der Waals surface area (Å²) in [7, 11) is 0. The van der Waals surface area contributed by atoms with Crippen molar-refractivity contribution in [3.63, 3.8) is 0 Å². The predicted molar refractivity (Wildman–Crippen MR) is 118 cm³/mol. The Bertz CT molecular complexity index is 1150. The van der Waals surface area contributed by atoms with E-state index in [1.54, 1.807) is 36.4 Å². The Morgan fingerprint density at radius 1 is 1.00 bits per heavy atom. The third-order valence-electron chi connectivity index (χ3n) is 7.50. The van der Waals surface area contributed by atoms with Crippen LogP contribution in [-0.4, -0.2) is 17.7 Å². The summed E-state index contributed by atoms with van der Waals surface area (Å²) in [6.45, 7) is 1.88. The van der Waals surface area contributed by atoms with Crippen LogP contribution in [0.3, 0.4) is 0 Å². The lowest BCUT2D eigenvalue weighted by atomic mass is 9.63. The largest absolute Gasteiger partial charge is 0.322 e. The number of carbonyl (C=O) groups is 3. The van der Waals surface area contributed by atoms with Gasteiger partial charge in [-0.15, -0.1) is 0 Å². The Kier molecular flexibility index (Phi) is 3.97. The quantitative estimate of drug-likeness (QED) is 0.575. The van der Waals surface area contributed by atoms with Crippen molar-refractivity contribution >= 4 is 40.7 Å². The molecule has 6 atom stereocenters. The molecule has 0 aromatic heterocycles. The molecule has 0 spiro atoms. The molecule has 3 amide bonds. The summed E-state index contributed by atoms with van der Waals surface area (Å²) in [6.07, 6.45) is 5.41. The highest BCUT2D eigenvalue weighted by molar-refractivity contribution is 6.31. The molecule has 2 aromatic rings. The number of allylic oxidation sites excluding steroid dienone is 2. The van der Waals surface area contributed by atoms with Crippen LogP contribution >= 0.6 is 11.6 Å². The number of aryl methyl sites for hydroxylation is 1. The summed E-state index contributed by atoms with van der Waals surface area (Å²) in [5, 5.41) is 3.40. The van der Waals surface area contributed by atoms with Gasteiger partial charge in [0.15, 0.2) is 0 Å². The van der Waals surface area contributed by atoms with E-state index in [1.165, 1.54) is 4.90 Å². The molecule has 156 valence electrons. The van der Waals surface area contributed by atoms with Crippen LogP contribution < -0.4 is 10.2 Å². The fraction of sp³-hybridized carbons (Fsp3) is 0.320. The lowest BCUT2D eigenvalue weighted by molar-refractivity contribution is -0.124. The molecule has 5 nitrogen and oxygen atoms in total. The third kappa shape index (κ3) is 2.66. The topological polar surface area (TPSA) is 66.5 Å². The van der Waals surface area contributed by atoms with Gasteiger partial charge in [-0.05, 0) is 66.8 Å². The van der Waals surface area contributed by atoms with Gasteiger partial charge in [0, 0.05) is 10.7 Å². The molecule has 0 unspecified atom stereocenters. The monoisotopic (exact) mass is 432 g/mol. The number of nitrogens with zero attached hydrogens (tertiary/aromatic N) is 1. The van der Waals surface area contributed by atoms with Gasteiger partial charge in [0.05, 0.1) is 23.1 Å². The van der Waals surface area contributed by atoms with Crippen molar-refractivity contribution in [1.29, 1.82) is 0 Å². The Hall–Kier alpha value is -2.92. The zero-order valence-electron chi connectivity index (χ0n) is 16.9. The van der Waals surface area contributed by atoms with Gasteiger partial charge in [0.25, 0.3) is 5.91 Å². The first kappa shape index (κ1) is 18.8. The molecule has 1 aliphatic heterocycles. The van der Waals surface area contributed by atoms with Gasteiger partial charge >= 0.3 is 0 Å². The summed E-state index contributed by atoms with van der Waals surface area (Å²) in [5.41, 5.74) is 2.13. The highest BCUT2D eigenvalue weighted by Crippen LogP contribution is 2.65. The molecule has 31 heavy (non-hydrogen) atoms. The summed E-state index contributed by atoms with van der Waals surface area (Å²) >= 11 is 6.08. The number of amides is 3. The van der Waals surface area contributed by atoms with Crippen LogP contribution in [-0.2, 0) is 9.59 Å². The highest BCUT2D eigenvalue weighted by atomic mass is 35.5. The fourth-order valence-electron chi connectivity index (χ4n) is 5.97. The van der Waals surface area contributed by atoms with Crippen LogP contribution in [0.15, 0.2) is 54.6 Å². The third-order valence-corrected chi connectivity index (χ3v) is 7.74. The fourth-order valence-corrected chi connectivity index (χ4v) is 6.15. The minimum Gasteiger partial charge on any atom is -0.322 e. The zero-order valence-corrected chi connectivity index (χ0v) is 17.7. The smallest absolute Gasteiger partial charge is 0.257 e. The minimum absolute atomic E-state index is 0.150. The number of hydrogen-bond acceptors (Lipinski definition) is 3. The van der Waals surface area contributed by atoms with E-state index in [0.29, 0.717) is 33.8 Å². The van der Waals surface area contributed by atoms with Gasteiger partial charge in [-0.1, -0.05) is 42.0 Å². The number of benzene rings is 2. The lowest BCUT2D eigenvalue weighted by Gasteiger charge is -2.37. The molecule has 5 aliphatic rings. The molecule has 2 aromatic carbocycles. The van der Waals surface area contributed by atoms with Crippen LogP contribution in [0, 0.1) is 42.4 Å². The van der Waals surface area contributed by atoms with Crippen molar-refractivity contribution in [2.45, 2.75) is 13.3 Å². The van der Waals surface area contributed by atoms with Crippen molar-refractivity contribution in [2.75, 3.05) is 10.2 Å². The van der Waals surface area contributed by atoms with E-state index in [2.05, 4.69) is 17.5 Å². The van der Waals surface area contributed by atoms with Gasteiger partial charge in [-0.2, -0.15) is 0 Å². The standard InChI is InChI=1S/C25H21ClN2O3/c1-12-6-7-13(26)10-19(12)27-23(29)16-4-2-3-5-20(16)28-24(30)21-14-8-9-15(18-11-17(14)18)22(21)25(28)31/h2-10,14-15,17-18,21-22H,11H2,1H3,(H,27,29)/t14-,15-,17-,18-,21+,22+/m1/s1.